The van der Waals surface area contributed by atoms with E-state index in [0.717, 1.165) is 6.42 Å². The van der Waals surface area contributed by atoms with Crippen LogP contribution in [0.15, 0.2) is 5.16 Å². The molecule has 0 aromatic heterocycles. The SMILES string of the molecule is O=C(ON=C1CCC1)c1c(F)c(F)c(F)c(F)c1F. The summed E-state index contributed by atoms with van der Waals surface area (Å²) in [4.78, 5) is 15.4. The Balaban J connectivity index is 2.36. The third-order valence-electron chi connectivity index (χ3n) is 2.60. The lowest BCUT2D eigenvalue weighted by Gasteiger charge is -2.12. The molecule has 19 heavy (non-hydrogen) atoms. The summed E-state index contributed by atoms with van der Waals surface area (Å²) in [7, 11) is 0. The number of rotatable bonds is 2. The molecule has 0 amide bonds. The van der Waals surface area contributed by atoms with Crippen LogP contribution in [0.1, 0.15) is 29.6 Å². The van der Waals surface area contributed by atoms with Crippen molar-refractivity contribution in [3.63, 3.8) is 0 Å². The third kappa shape index (κ3) is 2.29. The first-order valence-corrected chi connectivity index (χ1v) is 5.22. The maximum absolute atomic E-state index is 13.2. The minimum absolute atomic E-state index is 0.484. The van der Waals surface area contributed by atoms with E-state index in [1.807, 2.05) is 0 Å². The second-order valence-corrected chi connectivity index (χ2v) is 3.83. The van der Waals surface area contributed by atoms with Crippen LogP contribution in [0.5, 0.6) is 0 Å². The van der Waals surface area contributed by atoms with Crippen LogP contribution in [-0.4, -0.2) is 11.7 Å². The largest absolute Gasteiger partial charge is 0.371 e. The van der Waals surface area contributed by atoms with Crippen LogP contribution < -0.4 is 0 Å². The second-order valence-electron chi connectivity index (χ2n) is 3.83. The van der Waals surface area contributed by atoms with Gasteiger partial charge in [0.15, 0.2) is 23.3 Å². The van der Waals surface area contributed by atoms with Gasteiger partial charge in [0.05, 0.1) is 5.71 Å². The highest BCUT2D eigenvalue weighted by molar-refractivity contribution is 5.92. The molecule has 0 heterocycles. The van der Waals surface area contributed by atoms with Crippen molar-refractivity contribution in [1.82, 2.24) is 0 Å². The van der Waals surface area contributed by atoms with Crippen LogP contribution >= 0.6 is 0 Å². The fourth-order valence-corrected chi connectivity index (χ4v) is 1.36. The maximum Gasteiger partial charge on any atom is 0.371 e. The normalized spacial score (nSPS) is 14.1. The molecule has 0 N–H and O–H groups in total. The Morgan fingerprint density at radius 1 is 0.895 bits per heavy atom. The Hall–Kier alpha value is -1.99. The summed E-state index contributed by atoms with van der Waals surface area (Å²) in [5.41, 5.74) is -1.17. The number of hydrogen-bond acceptors (Lipinski definition) is 3. The molecule has 102 valence electrons. The average molecular weight is 279 g/mol. The predicted molar refractivity (Wildman–Crippen MR) is 52.9 cm³/mol. The first-order chi connectivity index (χ1) is 8.93. The molecular formula is C11H6F5NO2. The van der Waals surface area contributed by atoms with Gasteiger partial charge in [-0.2, -0.15) is 0 Å². The van der Waals surface area contributed by atoms with Crippen molar-refractivity contribution in [3.8, 4) is 0 Å². The molecule has 1 aromatic rings. The van der Waals surface area contributed by atoms with Crippen molar-refractivity contribution >= 4 is 11.7 Å². The van der Waals surface area contributed by atoms with Crippen LogP contribution in [0.3, 0.4) is 0 Å². The van der Waals surface area contributed by atoms with Crippen molar-refractivity contribution in [2.24, 2.45) is 5.16 Å². The van der Waals surface area contributed by atoms with Gasteiger partial charge in [0.1, 0.15) is 5.56 Å². The van der Waals surface area contributed by atoms with Gasteiger partial charge in [-0.05, 0) is 19.3 Å². The van der Waals surface area contributed by atoms with Crippen molar-refractivity contribution in [2.75, 3.05) is 0 Å². The average Bonchev–Trinajstić information content (AvgIpc) is 2.32. The van der Waals surface area contributed by atoms with Gasteiger partial charge < -0.3 is 4.84 Å². The van der Waals surface area contributed by atoms with Crippen molar-refractivity contribution < 1.29 is 31.6 Å². The van der Waals surface area contributed by atoms with Gasteiger partial charge in [0.2, 0.25) is 5.82 Å². The highest BCUT2D eigenvalue weighted by Crippen LogP contribution is 2.24. The lowest BCUT2D eigenvalue weighted by Crippen LogP contribution is -2.16. The summed E-state index contributed by atoms with van der Waals surface area (Å²) in [6, 6.07) is 0. The van der Waals surface area contributed by atoms with Gasteiger partial charge in [-0.3, -0.25) is 0 Å². The molecule has 1 saturated carbocycles. The van der Waals surface area contributed by atoms with E-state index >= 15 is 0 Å². The van der Waals surface area contributed by atoms with Crippen LogP contribution in [0.25, 0.3) is 0 Å². The molecule has 0 aliphatic heterocycles. The lowest BCUT2D eigenvalue weighted by atomic mass is 9.98. The fraction of sp³-hybridized carbons (Fsp3) is 0.273. The first-order valence-electron chi connectivity index (χ1n) is 5.22. The summed E-state index contributed by atoms with van der Waals surface area (Å²) >= 11 is 0. The molecule has 2 rings (SSSR count). The van der Waals surface area contributed by atoms with Gasteiger partial charge in [0.25, 0.3) is 0 Å². The molecule has 0 radical (unpaired) electrons. The Kier molecular flexibility index (Phi) is 3.50. The van der Waals surface area contributed by atoms with Gasteiger partial charge in [0, 0.05) is 0 Å². The molecule has 0 spiro atoms. The van der Waals surface area contributed by atoms with Gasteiger partial charge in [-0.25, -0.2) is 26.7 Å². The van der Waals surface area contributed by atoms with E-state index in [-0.39, 0.29) is 0 Å². The number of carbonyl (C=O) groups excluding carboxylic acids is 1. The molecule has 0 bridgehead atoms. The minimum Gasteiger partial charge on any atom is -0.313 e. The van der Waals surface area contributed by atoms with E-state index in [1.165, 1.54) is 0 Å². The van der Waals surface area contributed by atoms with Crippen LogP contribution in [0, 0.1) is 29.1 Å². The molecule has 3 nitrogen and oxygen atoms in total. The standard InChI is InChI=1S/C11H6F5NO2/c12-6-5(7(13)9(15)10(16)8(6)14)11(18)19-17-4-2-1-3-4/h1-3H2. The van der Waals surface area contributed by atoms with Crippen molar-refractivity contribution in [2.45, 2.75) is 19.3 Å². The van der Waals surface area contributed by atoms with Crippen molar-refractivity contribution in [3.05, 3.63) is 34.6 Å². The molecule has 1 aliphatic carbocycles. The highest BCUT2D eigenvalue weighted by Gasteiger charge is 2.31. The third-order valence-corrected chi connectivity index (χ3v) is 2.60. The summed E-state index contributed by atoms with van der Waals surface area (Å²) in [6.45, 7) is 0. The van der Waals surface area contributed by atoms with E-state index in [1.54, 1.807) is 0 Å². The van der Waals surface area contributed by atoms with Gasteiger partial charge in [-0.1, -0.05) is 5.16 Å². The van der Waals surface area contributed by atoms with E-state index < -0.39 is 40.6 Å². The van der Waals surface area contributed by atoms with Gasteiger partial charge in [-0.15, -0.1) is 0 Å². The zero-order valence-electron chi connectivity index (χ0n) is 9.27. The molecule has 8 heteroatoms. The first kappa shape index (κ1) is 13.4. The number of hydrogen-bond donors (Lipinski definition) is 0. The highest BCUT2D eigenvalue weighted by atomic mass is 19.2. The van der Waals surface area contributed by atoms with Gasteiger partial charge >= 0.3 is 5.97 Å². The quantitative estimate of drug-likeness (QED) is 0.274. The zero-order valence-corrected chi connectivity index (χ0v) is 9.27. The molecule has 1 aliphatic rings. The Bertz CT molecular complexity index is 550. The number of oxime groups is 1. The van der Waals surface area contributed by atoms with Crippen molar-refractivity contribution in [1.29, 1.82) is 0 Å². The Morgan fingerprint density at radius 2 is 1.37 bits per heavy atom. The Morgan fingerprint density at radius 3 is 1.79 bits per heavy atom. The summed E-state index contributed by atoms with van der Waals surface area (Å²) in [6.07, 6.45) is 1.95. The molecule has 1 aromatic carbocycles. The van der Waals surface area contributed by atoms with E-state index in [9.17, 15) is 26.7 Å². The topological polar surface area (TPSA) is 38.7 Å². The van der Waals surface area contributed by atoms with E-state index in [0.29, 0.717) is 18.6 Å². The number of carbonyl (C=O) groups is 1. The molecule has 0 atom stereocenters. The number of nitrogens with zero attached hydrogens (tertiary/aromatic N) is 1. The smallest absolute Gasteiger partial charge is 0.313 e. The number of halogens is 5. The second kappa shape index (κ2) is 4.94. The number of benzene rings is 1. The Labute approximate surface area is 103 Å². The molecular weight excluding hydrogens is 273 g/mol. The lowest BCUT2D eigenvalue weighted by molar-refractivity contribution is 0.0497. The summed E-state index contributed by atoms with van der Waals surface area (Å²) in [5, 5.41) is 3.26. The summed E-state index contributed by atoms with van der Waals surface area (Å²) < 4.78 is 64.8. The van der Waals surface area contributed by atoms with Crippen LogP contribution in [-0.2, 0) is 4.84 Å². The van der Waals surface area contributed by atoms with E-state index in [4.69, 9.17) is 0 Å². The van der Waals surface area contributed by atoms with E-state index in [2.05, 4.69) is 9.99 Å². The molecule has 1 fully saturated rings. The van der Waals surface area contributed by atoms with Crippen LogP contribution in [0.4, 0.5) is 22.0 Å². The monoisotopic (exact) mass is 279 g/mol. The predicted octanol–water partition coefficient (Wildman–Crippen LogP) is 3.08. The van der Waals surface area contributed by atoms with Crippen LogP contribution in [0.2, 0.25) is 0 Å². The molecule has 0 unspecified atom stereocenters. The molecule has 0 saturated heterocycles. The minimum atomic E-state index is -2.34. The zero-order chi connectivity index (χ0) is 14.2. The summed E-state index contributed by atoms with van der Waals surface area (Å²) in [5.74, 6) is -13.0. The maximum atomic E-state index is 13.2. The fourth-order valence-electron chi connectivity index (χ4n) is 1.36.